The summed E-state index contributed by atoms with van der Waals surface area (Å²) in [6.45, 7) is 9.61. The van der Waals surface area contributed by atoms with E-state index < -0.39 is 23.6 Å². The minimum absolute atomic E-state index is 0.0569. The number of anilines is 2. The molecule has 4 aromatic rings. The average molecular weight is 536 g/mol. The van der Waals surface area contributed by atoms with Crippen molar-refractivity contribution in [2.75, 3.05) is 17.2 Å². The molecule has 4 rings (SSSR count). The Balaban J connectivity index is 1.60. The molecule has 2 N–H and O–H groups in total. The molecule has 0 radical (unpaired) electrons. The van der Waals surface area contributed by atoms with Gasteiger partial charge in [-0.2, -0.15) is 5.10 Å². The summed E-state index contributed by atoms with van der Waals surface area (Å²) in [4.78, 5) is 27.5. The van der Waals surface area contributed by atoms with E-state index >= 15 is 0 Å². The predicted octanol–water partition coefficient (Wildman–Crippen LogP) is 6.33. The van der Waals surface area contributed by atoms with Crippen LogP contribution in [0.3, 0.4) is 0 Å². The van der Waals surface area contributed by atoms with Crippen molar-refractivity contribution < 1.29 is 22.8 Å². The summed E-state index contributed by atoms with van der Waals surface area (Å²) >= 11 is 0. The Morgan fingerprint density at radius 1 is 1.03 bits per heavy atom. The largest absolute Gasteiger partial charge is 0.467 e. The number of aromatic nitrogens is 2. The number of amides is 3. The van der Waals surface area contributed by atoms with E-state index in [2.05, 4.69) is 10.6 Å². The number of nitrogens with zero attached hydrogens (tertiary/aromatic N) is 3. The maximum Gasteiger partial charge on any atom is 0.322 e. The van der Waals surface area contributed by atoms with Crippen molar-refractivity contribution in [1.29, 1.82) is 0 Å². The number of urea groups is 1. The van der Waals surface area contributed by atoms with Crippen LogP contribution in [0.2, 0.25) is 0 Å². The van der Waals surface area contributed by atoms with Gasteiger partial charge in [-0.3, -0.25) is 4.79 Å². The highest BCUT2D eigenvalue weighted by atomic mass is 19.1. The van der Waals surface area contributed by atoms with Crippen LogP contribution in [-0.4, -0.2) is 33.2 Å². The first-order valence-corrected chi connectivity index (χ1v) is 12.4. The average Bonchev–Trinajstić information content (AvgIpc) is 3.50. The second kappa shape index (κ2) is 11.1. The van der Waals surface area contributed by atoms with Gasteiger partial charge in [-0.15, -0.1) is 0 Å². The minimum Gasteiger partial charge on any atom is -0.467 e. The monoisotopic (exact) mass is 535 g/mol. The van der Waals surface area contributed by atoms with Crippen molar-refractivity contribution in [3.63, 3.8) is 0 Å². The third-order valence-electron chi connectivity index (χ3n) is 6.05. The number of carbonyl (C=O) groups is 2. The lowest BCUT2D eigenvalue weighted by molar-refractivity contribution is -0.116. The smallest absolute Gasteiger partial charge is 0.322 e. The topological polar surface area (TPSA) is 92.4 Å². The summed E-state index contributed by atoms with van der Waals surface area (Å²) in [6.07, 6.45) is 1.45. The zero-order valence-electron chi connectivity index (χ0n) is 22.5. The number of benzene rings is 2. The fraction of sp³-hybridized carbons (Fsp3) is 0.276. The Morgan fingerprint density at radius 2 is 1.79 bits per heavy atom. The Bertz CT molecular complexity index is 1490. The second-order valence-corrected chi connectivity index (χ2v) is 10.4. The van der Waals surface area contributed by atoms with Gasteiger partial charge in [0.15, 0.2) is 0 Å². The first kappa shape index (κ1) is 27.6. The van der Waals surface area contributed by atoms with Crippen LogP contribution in [0.1, 0.15) is 43.4 Å². The van der Waals surface area contributed by atoms with E-state index in [4.69, 9.17) is 9.52 Å². The molecule has 0 aliphatic carbocycles. The van der Waals surface area contributed by atoms with Crippen LogP contribution < -0.4 is 10.6 Å². The molecule has 39 heavy (non-hydrogen) atoms. The molecule has 0 aliphatic rings. The van der Waals surface area contributed by atoms with Crippen LogP contribution in [0.25, 0.3) is 5.69 Å². The van der Waals surface area contributed by atoms with E-state index in [1.165, 1.54) is 11.2 Å². The lowest BCUT2D eigenvalue weighted by Gasteiger charge is -2.22. The predicted molar refractivity (Wildman–Crippen MR) is 145 cm³/mol. The number of aryl methyl sites for hydroxylation is 2. The molecular weight excluding hydrogens is 504 g/mol. The standard InChI is InChI=1S/C29H31F2N5O3/c1-18-8-11-24(19(2)13-18)36-26(15-25(34-36)29(3,4)5)33-27(37)17-35(16-21-7-6-12-39-21)28(38)32-23-10-9-20(30)14-22(23)31/h6-15H,16-17H2,1-5H3,(H,32,38)(H,33,37). The van der Waals surface area contributed by atoms with Gasteiger partial charge < -0.3 is 20.0 Å². The van der Waals surface area contributed by atoms with E-state index in [1.54, 1.807) is 16.8 Å². The van der Waals surface area contributed by atoms with Crippen LogP contribution in [0, 0.1) is 25.5 Å². The van der Waals surface area contributed by atoms with E-state index in [1.807, 2.05) is 58.9 Å². The number of hydrogen-bond donors (Lipinski definition) is 2. The van der Waals surface area contributed by atoms with Gasteiger partial charge in [0.1, 0.15) is 29.8 Å². The number of carbonyl (C=O) groups excluding carboxylic acids is 2. The molecule has 0 saturated heterocycles. The number of rotatable bonds is 7. The molecule has 8 nitrogen and oxygen atoms in total. The Labute approximate surface area is 225 Å². The molecule has 0 unspecified atom stereocenters. The number of nitrogens with one attached hydrogen (secondary N) is 2. The fourth-order valence-corrected chi connectivity index (χ4v) is 3.99. The second-order valence-electron chi connectivity index (χ2n) is 10.4. The van der Waals surface area contributed by atoms with Crippen molar-refractivity contribution in [3.8, 4) is 5.69 Å². The van der Waals surface area contributed by atoms with Gasteiger partial charge >= 0.3 is 6.03 Å². The van der Waals surface area contributed by atoms with E-state index in [0.717, 1.165) is 34.6 Å². The highest BCUT2D eigenvalue weighted by Crippen LogP contribution is 2.28. The van der Waals surface area contributed by atoms with Gasteiger partial charge in [-0.05, 0) is 49.7 Å². The first-order chi connectivity index (χ1) is 18.4. The molecule has 2 aromatic heterocycles. The summed E-state index contributed by atoms with van der Waals surface area (Å²) in [5.74, 6) is -1.33. The van der Waals surface area contributed by atoms with Gasteiger partial charge in [-0.1, -0.05) is 38.5 Å². The van der Waals surface area contributed by atoms with Crippen LogP contribution in [0.5, 0.6) is 0 Å². The van der Waals surface area contributed by atoms with E-state index in [9.17, 15) is 18.4 Å². The van der Waals surface area contributed by atoms with E-state index in [-0.39, 0.29) is 24.2 Å². The van der Waals surface area contributed by atoms with Crippen LogP contribution in [-0.2, 0) is 16.8 Å². The first-order valence-electron chi connectivity index (χ1n) is 12.4. The third kappa shape index (κ3) is 6.70. The highest BCUT2D eigenvalue weighted by Gasteiger charge is 2.24. The summed E-state index contributed by atoms with van der Waals surface area (Å²) in [7, 11) is 0. The molecule has 0 bridgehead atoms. The zero-order chi connectivity index (χ0) is 28.3. The van der Waals surface area contributed by atoms with Crippen molar-refractivity contribution in [1.82, 2.24) is 14.7 Å². The van der Waals surface area contributed by atoms with Crippen LogP contribution in [0.4, 0.5) is 25.1 Å². The molecule has 0 aliphatic heterocycles. The summed E-state index contributed by atoms with van der Waals surface area (Å²) in [6, 6.07) is 13.1. The molecule has 0 atom stereocenters. The molecule has 0 saturated carbocycles. The van der Waals surface area contributed by atoms with Gasteiger partial charge in [0.2, 0.25) is 5.91 Å². The Kier molecular flexibility index (Phi) is 7.85. The molecule has 2 aromatic carbocycles. The Hall–Kier alpha value is -4.47. The van der Waals surface area contributed by atoms with Crippen molar-refractivity contribution in [2.45, 2.75) is 46.6 Å². The van der Waals surface area contributed by atoms with Crippen LogP contribution >= 0.6 is 0 Å². The lowest BCUT2D eigenvalue weighted by Crippen LogP contribution is -2.40. The molecule has 2 heterocycles. The normalized spacial score (nSPS) is 11.4. The van der Waals surface area contributed by atoms with Crippen LogP contribution in [0.15, 0.2) is 65.3 Å². The molecule has 204 valence electrons. The summed E-state index contributed by atoms with van der Waals surface area (Å²) in [5, 5.41) is 10.0. The zero-order valence-corrected chi connectivity index (χ0v) is 22.5. The third-order valence-corrected chi connectivity index (χ3v) is 6.05. The lowest BCUT2D eigenvalue weighted by atomic mass is 9.92. The summed E-state index contributed by atoms with van der Waals surface area (Å²) in [5.41, 5.74) is 3.16. The number of halogens is 2. The van der Waals surface area contributed by atoms with Gasteiger partial charge in [0.05, 0.1) is 29.9 Å². The molecule has 10 heteroatoms. The van der Waals surface area contributed by atoms with E-state index in [0.29, 0.717) is 17.6 Å². The number of hydrogen-bond acceptors (Lipinski definition) is 4. The molecule has 0 spiro atoms. The quantitative estimate of drug-likeness (QED) is 0.289. The molecular formula is C29H31F2N5O3. The molecule has 3 amide bonds. The number of furan rings is 1. The summed E-state index contributed by atoms with van der Waals surface area (Å²) < 4.78 is 34.5. The van der Waals surface area contributed by atoms with Gasteiger partial charge in [-0.25, -0.2) is 18.3 Å². The van der Waals surface area contributed by atoms with Gasteiger partial charge in [0.25, 0.3) is 0 Å². The SMILES string of the molecule is Cc1ccc(-n2nc(C(C)(C)C)cc2NC(=O)CN(Cc2ccco2)C(=O)Nc2ccc(F)cc2F)c(C)c1. The minimum atomic E-state index is -0.933. The molecule has 0 fully saturated rings. The fourth-order valence-electron chi connectivity index (χ4n) is 3.99. The van der Waals surface area contributed by atoms with Crippen molar-refractivity contribution >= 4 is 23.4 Å². The maximum absolute atomic E-state index is 14.2. The highest BCUT2D eigenvalue weighted by molar-refractivity contribution is 5.96. The van der Waals surface area contributed by atoms with Crippen molar-refractivity contribution in [3.05, 3.63) is 95.1 Å². The maximum atomic E-state index is 14.2. The Morgan fingerprint density at radius 3 is 2.44 bits per heavy atom. The van der Waals surface area contributed by atoms with Gasteiger partial charge in [0, 0.05) is 17.5 Å². The van der Waals surface area contributed by atoms with Crippen molar-refractivity contribution in [2.24, 2.45) is 0 Å².